The molecule has 0 saturated heterocycles. The highest BCUT2D eigenvalue weighted by Crippen LogP contribution is 2.11. The van der Waals surface area contributed by atoms with E-state index in [0.29, 0.717) is 17.8 Å². The molecule has 0 fully saturated rings. The SMILES string of the molecule is CCNC(=O)c1cccc(NC(=O)Cn2[nH]c(=O)c3ccccc3c2=O)c1. The number of carbonyl (C=O) groups is 2. The monoisotopic (exact) mass is 366 g/mol. The highest BCUT2D eigenvalue weighted by Gasteiger charge is 2.11. The molecule has 0 bridgehead atoms. The average Bonchev–Trinajstić information content (AvgIpc) is 2.66. The lowest BCUT2D eigenvalue weighted by atomic mass is 10.2. The molecule has 0 spiro atoms. The largest absolute Gasteiger partial charge is 0.352 e. The van der Waals surface area contributed by atoms with Crippen LogP contribution in [0, 0.1) is 0 Å². The molecule has 3 rings (SSSR count). The Morgan fingerprint density at radius 2 is 1.78 bits per heavy atom. The van der Waals surface area contributed by atoms with Gasteiger partial charge in [-0.25, -0.2) is 4.68 Å². The van der Waals surface area contributed by atoms with E-state index >= 15 is 0 Å². The Labute approximate surface area is 153 Å². The molecule has 0 aliphatic carbocycles. The Morgan fingerprint density at radius 3 is 2.52 bits per heavy atom. The fourth-order valence-electron chi connectivity index (χ4n) is 2.70. The number of nitrogens with one attached hydrogen (secondary N) is 3. The third kappa shape index (κ3) is 3.95. The topological polar surface area (TPSA) is 113 Å². The number of hydrogen-bond donors (Lipinski definition) is 3. The molecule has 3 N–H and O–H groups in total. The number of H-pyrrole nitrogens is 1. The Balaban J connectivity index is 1.81. The number of aromatic amines is 1. The van der Waals surface area contributed by atoms with Crippen molar-refractivity contribution < 1.29 is 9.59 Å². The molecule has 0 radical (unpaired) electrons. The zero-order valence-corrected chi connectivity index (χ0v) is 14.6. The molecule has 1 aromatic heterocycles. The molecule has 8 heteroatoms. The minimum atomic E-state index is -0.504. The smallest absolute Gasteiger partial charge is 0.273 e. The lowest BCUT2D eigenvalue weighted by molar-refractivity contribution is -0.117. The van der Waals surface area contributed by atoms with Gasteiger partial charge in [-0.1, -0.05) is 18.2 Å². The molecule has 0 unspecified atom stereocenters. The van der Waals surface area contributed by atoms with Crippen LogP contribution in [-0.2, 0) is 11.3 Å². The highest BCUT2D eigenvalue weighted by atomic mass is 16.2. The van der Waals surface area contributed by atoms with E-state index in [2.05, 4.69) is 15.7 Å². The summed E-state index contributed by atoms with van der Waals surface area (Å²) in [6, 6.07) is 12.8. The predicted molar refractivity (Wildman–Crippen MR) is 102 cm³/mol. The fourth-order valence-corrected chi connectivity index (χ4v) is 2.70. The van der Waals surface area contributed by atoms with Gasteiger partial charge in [-0.05, 0) is 37.3 Å². The molecular weight excluding hydrogens is 348 g/mol. The van der Waals surface area contributed by atoms with Crippen LogP contribution in [0.2, 0.25) is 0 Å². The maximum atomic E-state index is 12.4. The van der Waals surface area contributed by atoms with Crippen molar-refractivity contribution in [2.45, 2.75) is 13.5 Å². The number of rotatable bonds is 5. The summed E-state index contributed by atoms with van der Waals surface area (Å²) in [7, 11) is 0. The number of anilines is 1. The zero-order valence-electron chi connectivity index (χ0n) is 14.6. The molecule has 2 aromatic carbocycles. The number of nitrogens with zero attached hydrogens (tertiary/aromatic N) is 1. The fraction of sp³-hybridized carbons (Fsp3) is 0.158. The lowest BCUT2D eigenvalue weighted by Crippen LogP contribution is -2.34. The van der Waals surface area contributed by atoms with Crippen LogP contribution in [0.15, 0.2) is 58.1 Å². The van der Waals surface area contributed by atoms with Crippen molar-refractivity contribution in [1.82, 2.24) is 15.1 Å². The second-order valence-electron chi connectivity index (χ2n) is 5.87. The van der Waals surface area contributed by atoms with Crippen LogP contribution >= 0.6 is 0 Å². The van der Waals surface area contributed by atoms with Gasteiger partial charge in [-0.3, -0.25) is 24.3 Å². The first-order valence-electron chi connectivity index (χ1n) is 8.39. The van der Waals surface area contributed by atoms with Gasteiger partial charge in [0.25, 0.3) is 17.0 Å². The van der Waals surface area contributed by atoms with Crippen molar-refractivity contribution in [2.75, 3.05) is 11.9 Å². The molecule has 2 amide bonds. The van der Waals surface area contributed by atoms with Gasteiger partial charge in [0.05, 0.1) is 10.8 Å². The third-order valence-corrected chi connectivity index (χ3v) is 3.93. The molecule has 1 heterocycles. The molecule has 27 heavy (non-hydrogen) atoms. The standard InChI is InChI=1S/C19H18N4O4/c1-2-20-17(25)12-6-5-7-13(10-12)21-16(24)11-23-19(27)15-9-4-3-8-14(15)18(26)22-23/h3-10H,2,11H2,1H3,(H,20,25)(H,21,24)(H,22,26). The van der Waals surface area contributed by atoms with Gasteiger partial charge in [0, 0.05) is 17.8 Å². The van der Waals surface area contributed by atoms with Gasteiger partial charge in [-0.15, -0.1) is 0 Å². The molecule has 8 nitrogen and oxygen atoms in total. The molecule has 0 saturated carbocycles. The molecule has 0 aliphatic heterocycles. The summed E-state index contributed by atoms with van der Waals surface area (Å²) >= 11 is 0. The van der Waals surface area contributed by atoms with Crippen LogP contribution in [0.1, 0.15) is 17.3 Å². The zero-order chi connectivity index (χ0) is 19.4. The third-order valence-electron chi connectivity index (χ3n) is 3.93. The first-order chi connectivity index (χ1) is 13.0. The summed E-state index contributed by atoms with van der Waals surface area (Å²) in [5.41, 5.74) is -0.0847. The number of fused-ring (bicyclic) bond motifs is 1. The van der Waals surface area contributed by atoms with E-state index in [1.807, 2.05) is 6.92 Å². The van der Waals surface area contributed by atoms with Gasteiger partial charge in [-0.2, -0.15) is 0 Å². The maximum absolute atomic E-state index is 12.4. The first kappa shape index (κ1) is 18.1. The minimum absolute atomic E-state index is 0.243. The molecule has 3 aromatic rings. The molecule has 0 aliphatic rings. The van der Waals surface area contributed by atoms with Crippen molar-refractivity contribution >= 4 is 28.3 Å². The molecule has 138 valence electrons. The van der Waals surface area contributed by atoms with Crippen molar-refractivity contribution in [1.29, 1.82) is 0 Å². The van der Waals surface area contributed by atoms with E-state index in [1.165, 1.54) is 12.1 Å². The minimum Gasteiger partial charge on any atom is -0.352 e. The predicted octanol–water partition coefficient (Wildman–Crippen LogP) is 1.08. The van der Waals surface area contributed by atoms with Crippen molar-refractivity contribution in [3.63, 3.8) is 0 Å². The van der Waals surface area contributed by atoms with Crippen LogP contribution in [0.3, 0.4) is 0 Å². The van der Waals surface area contributed by atoms with E-state index in [9.17, 15) is 19.2 Å². The summed E-state index contributed by atoms with van der Waals surface area (Å²) in [4.78, 5) is 48.7. The number of aromatic nitrogens is 2. The van der Waals surface area contributed by atoms with Crippen LogP contribution in [0.5, 0.6) is 0 Å². The first-order valence-corrected chi connectivity index (χ1v) is 8.39. The van der Waals surface area contributed by atoms with Crippen molar-refractivity contribution in [2.24, 2.45) is 0 Å². The van der Waals surface area contributed by atoms with Crippen LogP contribution < -0.4 is 21.8 Å². The van der Waals surface area contributed by atoms with E-state index < -0.39 is 17.0 Å². The summed E-state index contributed by atoms with van der Waals surface area (Å²) in [6.07, 6.45) is 0. The van der Waals surface area contributed by atoms with E-state index in [1.54, 1.807) is 36.4 Å². The van der Waals surface area contributed by atoms with E-state index in [-0.39, 0.29) is 23.2 Å². The summed E-state index contributed by atoms with van der Waals surface area (Å²) in [6.45, 7) is 1.95. The number of benzene rings is 2. The van der Waals surface area contributed by atoms with Gasteiger partial charge in [0.1, 0.15) is 6.54 Å². The van der Waals surface area contributed by atoms with Gasteiger partial charge in [0.2, 0.25) is 5.91 Å². The quantitative estimate of drug-likeness (QED) is 0.627. The van der Waals surface area contributed by atoms with Crippen molar-refractivity contribution in [3.05, 3.63) is 74.8 Å². The normalized spacial score (nSPS) is 10.6. The average molecular weight is 366 g/mol. The van der Waals surface area contributed by atoms with E-state index in [4.69, 9.17) is 0 Å². The van der Waals surface area contributed by atoms with Gasteiger partial charge < -0.3 is 10.6 Å². The van der Waals surface area contributed by atoms with E-state index in [0.717, 1.165) is 4.68 Å². The lowest BCUT2D eigenvalue weighted by Gasteiger charge is -2.09. The van der Waals surface area contributed by atoms with Gasteiger partial charge in [0.15, 0.2) is 0 Å². The summed E-state index contributed by atoms with van der Waals surface area (Å²) in [5.74, 6) is -0.750. The second kappa shape index (κ2) is 7.69. The Kier molecular flexibility index (Phi) is 5.16. The number of carbonyl (C=O) groups excluding carboxylic acids is 2. The summed E-state index contributed by atoms with van der Waals surface area (Å²) < 4.78 is 0.966. The Hall–Kier alpha value is -3.68. The van der Waals surface area contributed by atoms with Gasteiger partial charge >= 0.3 is 0 Å². The number of hydrogen-bond acceptors (Lipinski definition) is 4. The summed E-state index contributed by atoms with van der Waals surface area (Å²) in [5, 5.41) is 8.22. The number of amides is 2. The van der Waals surface area contributed by atoms with Crippen LogP contribution in [-0.4, -0.2) is 28.1 Å². The molecule has 0 atom stereocenters. The Morgan fingerprint density at radius 1 is 1.04 bits per heavy atom. The van der Waals surface area contributed by atoms with Crippen molar-refractivity contribution in [3.8, 4) is 0 Å². The van der Waals surface area contributed by atoms with Crippen LogP contribution in [0.4, 0.5) is 5.69 Å². The highest BCUT2D eigenvalue weighted by molar-refractivity contribution is 5.97. The molecular formula is C19H18N4O4. The van der Waals surface area contributed by atoms with Crippen LogP contribution in [0.25, 0.3) is 10.8 Å². The second-order valence-corrected chi connectivity index (χ2v) is 5.87. The maximum Gasteiger partial charge on any atom is 0.273 e. The Bertz CT molecular complexity index is 1130.